The number of carbonyl (C=O) groups is 1. The van der Waals surface area contributed by atoms with Gasteiger partial charge >= 0.3 is 0 Å². The van der Waals surface area contributed by atoms with E-state index in [1.807, 2.05) is 18.2 Å². The van der Waals surface area contributed by atoms with Crippen LogP contribution in [0, 0.1) is 23.7 Å². The molecular formula is C28H37N3O. The summed E-state index contributed by atoms with van der Waals surface area (Å²) in [5.41, 5.74) is 2.11. The number of benzene rings is 2. The van der Waals surface area contributed by atoms with Gasteiger partial charge in [0.15, 0.2) is 0 Å². The van der Waals surface area contributed by atoms with Gasteiger partial charge in [-0.2, -0.15) is 0 Å². The van der Waals surface area contributed by atoms with Crippen LogP contribution < -0.4 is 10.6 Å². The summed E-state index contributed by atoms with van der Waals surface area (Å²) in [4.78, 5) is 16.5. The van der Waals surface area contributed by atoms with Gasteiger partial charge < -0.3 is 10.6 Å². The van der Waals surface area contributed by atoms with Gasteiger partial charge in [-0.05, 0) is 41.7 Å². The largest absolute Gasteiger partial charge is 0.350 e. The Labute approximate surface area is 192 Å². The van der Waals surface area contributed by atoms with Gasteiger partial charge in [0.05, 0.1) is 0 Å². The molecule has 4 nitrogen and oxygen atoms in total. The molecule has 6 rings (SSSR count). The van der Waals surface area contributed by atoms with E-state index in [-0.39, 0.29) is 5.91 Å². The molecule has 1 amide bonds. The molecule has 1 saturated carbocycles. The standard InChI is InChI=1S/C28H37N3O/c1-20(2)13-14-25-26-24-17-30-28(25,27(32)29-16-21-9-5-3-6-10-21)15-23(24)19-31(26)18-22-11-7-4-8-12-22/h3-12,20,23-26,30H,13-19H2,1-2H3,(H,29,32)/t23-,24-,25-,26+,28+/m1/s1. The highest BCUT2D eigenvalue weighted by Crippen LogP contribution is 2.53. The highest BCUT2D eigenvalue weighted by Gasteiger charge is 2.64. The van der Waals surface area contributed by atoms with Crippen molar-refractivity contribution in [3.05, 3.63) is 71.8 Å². The van der Waals surface area contributed by atoms with Gasteiger partial charge in [0.1, 0.15) is 5.54 Å². The van der Waals surface area contributed by atoms with Crippen molar-refractivity contribution >= 4 is 5.91 Å². The van der Waals surface area contributed by atoms with E-state index in [1.165, 1.54) is 12.0 Å². The molecule has 0 unspecified atom stereocenters. The first-order chi connectivity index (χ1) is 15.6. The quantitative estimate of drug-likeness (QED) is 0.658. The van der Waals surface area contributed by atoms with Crippen molar-refractivity contribution in [2.45, 2.75) is 57.8 Å². The molecule has 4 aliphatic rings. The summed E-state index contributed by atoms with van der Waals surface area (Å²) in [7, 11) is 0. The van der Waals surface area contributed by atoms with E-state index in [0.717, 1.165) is 38.0 Å². The van der Waals surface area contributed by atoms with Crippen molar-refractivity contribution in [3.63, 3.8) is 0 Å². The van der Waals surface area contributed by atoms with Crippen molar-refractivity contribution < 1.29 is 4.79 Å². The molecule has 3 aliphatic heterocycles. The molecule has 0 aromatic heterocycles. The Balaban J connectivity index is 1.39. The normalized spacial score (nSPS) is 31.2. The van der Waals surface area contributed by atoms with Gasteiger partial charge in [0.25, 0.3) is 0 Å². The van der Waals surface area contributed by atoms with Gasteiger partial charge in [0.2, 0.25) is 5.91 Å². The Hall–Kier alpha value is -2.17. The van der Waals surface area contributed by atoms with Gasteiger partial charge in [-0.15, -0.1) is 0 Å². The molecule has 1 aliphatic carbocycles. The van der Waals surface area contributed by atoms with E-state index in [1.54, 1.807) is 0 Å². The molecule has 0 radical (unpaired) electrons. The number of nitrogens with one attached hydrogen (secondary N) is 2. The summed E-state index contributed by atoms with van der Waals surface area (Å²) in [6, 6.07) is 21.6. The van der Waals surface area contributed by atoms with E-state index < -0.39 is 5.54 Å². The molecular weight excluding hydrogens is 394 g/mol. The zero-order chi connectivity index (χ0) is 22.1. The second kappa shape index (κ2) is 8.99. The predicted octanol–water partition coefficient (Wildman–Crippen LogP) is 4.22. The van der Waals surface area contributed by atoms with Crippen molar-refractivity contribution in [1.82, 2.24) is 15.5 Å². The number of rotatable bonds is 8. The van der Waals surface area contributed by atoms with Crippen LogP contribution in [0.1, 0.15) is 44.2 Å². The fourth-order valence-corrected chi connectivity index (χ4v) is 6.72. The fraction of sp³-hybridized carbons (Fsp3) is 0.536. The average Bonchev–Trinajstić information content (AvgIpc) is 3.10. The molecule has 170 valence electrons. The number of carbonyl (C=O) groups excluding carboxylic acids is 1. The van der Waals surface area contributed by atoms with Gasteiger partial charge in [-0.1, -0.05) is 80.9 Å². The molecule has 2 N–H and O–H groups in total. The molecule has 4 bridgehead atoms. The maximum Gasteiger partial charge on any atom is 0.240 e. The SMILES string of the molecule is CC(C)CC[C@@H]1[C@@H]2[C@@H]3CN[C@@]1(C(=O)NCc1ccccc1)C[C@@H]3CN2Cc1ccccc1. The number of fused-ring (bicyclic) bond motifs is 1. The zero-order valence-corrected chi connectivity index (χ0v) is 19.5. The van der Waals surface area contributed by atoms with Crippen LogP contribution in [0.25, 0.3) is 0 Å². The first-order valence-electron chi connectivity index (χ1n) is 12.4. The summed E-state index contributed by atoms with van der Waals surface area (Å²) in [5.74, 6) is 2.51. The lowest BCUT2D eigenvalue weighted by Gasteiger charge is -2.56. The number of hydrogen-bond acceptors (Lipinski definition) is 3. The third kappa shape index (κ3) is 3.99. The Morgan fingerprint density at radius 2 is 1.78 bits per heavy atom. The second-order valence-corrected chi connectivity index (χ2v) is 10.6. The molecule has 2 aromatic rings. The predicted molar refractivity (Wildman–Crippen MR) is 129 cm³/mol. The van der Waals surface area contributed by atoms with Crippen molar-refractivity contribution in [2.75, 3.05) is 13.1 Å². The van der Waals surface area contributed by atoms with Gasteiger partial charge in [-0.3, -0.25) is 9.69 Å². The van der Waals surface area contributed by atoms with Crippen molar-refractivity contribution in [3.8, 4) is 0 Å². The van der Waals surface area contributed by atoms with Crippen LogP contribution in [0.4, 0.5) is 0 Å². The summed E-state index contributed by atoms with van der Waals surface area (Å²) in [6.45, 7) is 8.30. The van der Waals surface area contributed by atoms with E-state index in [2.05, 4.69) is 71.8 Å². The molecule has 3 heterocycles. The number of likely N-dealkylation sites (tertiary alicyclic amines) is 1. The smallest absolute Gasteiger partial charge is 0.240 e. The number of amides is 1. The summed E-state index contributed by atoms with van der Waals surface area (Å²) >= 11 is 0. The molecule has 0 spiro atoms. The van der Waals surface area contributed by atoms with Crippen LogP contribution in [-0.4, -0.2) is 35.5 Å². The first-order valence-corrected chi connectivity index (χ1v) is 12.4. The average molecular weight is 432 g/mol. The third-order valence-electron chi connectivity index (χ3n) is 8.20. The van der Waals surface area contributed by atoms with Crippen molar-refractivity contribution in [1.29, 1.82) is 0 Å². The third-order valence-corrected chi connectivity index (χ3v) is 8.20. The van der Waals surface area contributed by atoms with Gasteiger partial charge in [0, 0.05) is 38.1 Å². The topological polar surface area (TPSA) is 44.4 Å². The highest BCUT2D eigenvalue weighted by atomic mass is 16.2. The fourth-order valence-electron chi connectivity index (χ4n) is 6.72. The molecule has 5 atom stereocenters. The minimum Gasteiger partial charge on any atom is -0.350 e. The number of hydrogen-bond donors (Lipinski definition) is 2. The lowest BCUT2D eigenvalue weighted by Crippen LogP contribution is -2.73. The number of piperidine rings is 2. The Morgan fingerprint density at radius 1 is 1.09 bits per heavy atom. The van der Waals surface area contributed by atoms with E-state index >= 15 is 0 Å². The Bertz CT molecular complexity index is 915. The maximum absolute atomic E-state index is 13.8. The Kier molecular flexibility index (Phi) is 6.09. The van der Waals surface area contributed by atoms with Crippen LogP contribution in [0.2, 0.25) is 0 Å². The van der Waals surface area contributed by atoms with Crippen LogP contribution in [0.3, 0.4) is 0 Å². The Morgan fingerprint density at radius 3 is 2.47 bits per heavy atom. The van der Waals surface area contributed by atoms with E-state index in [9.17, 15) is 4.79 Å². The minimum atomic E-state index is -0.431. The summed E-state index contributed by atoms with van der Waals surface area (Å²) in [6.07, 6.45) is 3.26. The van der Waals surface area contributed by atoms with Crippen LogP contribution in [0.5, 0.6) is 0 Å². The van der Waals surface area contributed by atoms with Crippen molar-refractivity contribution in [2.24, 2.45) is 23.7 Å². The monoisotopic (exact) mass is 431 g/mol. The molecule has 4 fully saturated rings. The van der Waals surface area contributed by atoms with E-state index in [4.69, 9.17) is 0 Å². The molecule has 3 saturated heterocycles. The van der Waals surface area contributed by atoms with Gasteiger partial charge in [-0.25, -0.2) is 0 Å². The molecule has 2 aromatic carbocycles. The molecule has 4 heteroatoms. The summed E-state index contributed by atoms with van der Waals surface area (Å²) < 4.78 is 0. The lowest BCUT2D eigenvalue weighted by molar-refractivity contribution is -0.139. The minimum absolute atomic E-state index is 0.213. The maximum atomic E-state index is 13.8. The molecule has 32 heavy (non-hydrogen) atoms. The highest BCUT2D eigenvalue weighted by molar-refractivity contribution is 5.87. The van der Waals surface area contributed by atoms with Crippen LogP contribution in [0.15, 0.2) is 60.7 Å². The summed E-state index contributed by atoms with van der Waals surface area (Å²) in [5, 5.41) is 7.10. The van der Waals surface area contributed by atoms with Crippen LogP contribution >= 0.6 is 0 Å². The zero-order valence-electron chi connectivity index (χ0n) is 19.5. The lowest BCUT2D eigenvalue weighted by atomic mass is 9.58. The second-order valence-electron chi connectivity index (χ2n) is 10.6. The van der Waals surface area contributed by atoms with E-state index in [0.29, 0.717) is 36.3 Å². The number of nitrogens with zero attached hydrogens (tertiary/aromatic N) is 1. The first kappa shape index (κ1) is 21.7. The van der Waals surface area contributed by atoms with Crippen LogP contribution in [-0.2, 0) is 17.9 Å².